The van der Waals surface area contributed by atoms with Gasteiger partial charge in [-0.2, -0.15) is 0 Å². The summed E-state index contributed by atoms with van der Waals surface area (Å²) >= 11 is 0. The van der Waals surface area contributed by atoms with Crippen LogP contribution in [0.3, 0.4) is 0 Å². The Balaban J connectivity index is 2.57. The SMILES string of the molecule is CC(C)(C)OC(=O)NCc1cccc(C(=O)NCCO)c1. The molecule has 0 spiro atoms. The van der Waals surface area contributed by atoms with Crippen LogP contribution in [-0.4, -0.2) is 35.9 Å². The van der Waals surface area contributed by atoms with Gasteiger partial charge in [0, 0.05) is 18.7 Å². The molecule has 6 heteroatoms. The second-order valence-corrected chi connectivity index (χ2v) is 5.54. The zero-order valence-corrected chi connectivity index (χ0v) is 12.6. The summed E-state index contributed by atoms with van der Waals surface area (Å²) in [6.07, 6.45) is -0.502. The van der Waals surface area contributed by atoms with Crippen LogP contribution in [0, 0.1) is 0 Å². The van der Waals surface area contributed by atoms with Crippen molar-refractivity contribution in [2.24, 2.45) is 0 Å². The number of carbonyl (C=O) groups excluding carboxylic acids is 2. The largest absolute Gasteiger partial charge is 0.444 e. The molecule has 0 aliphatic carbocycles. The lowest BCUT2D eigenvalue weighted by Gasteiger charge is -2.19. The third kappa shape index (κ3) is 6.76. The van der Waals surface area contributed by atoms with E-state index in [1.165, 1.54) is 0 Å². The summed E-state index contributed by atoms with van der Waals surface area (Å²) in [6.45, 7) is 5.75. The fraction of sp³-hybridized carbons (Fsp3) is 0.467. The second-order valence-electron chi connectivity index (χ2n) is 5.54. The van der Waals surface area contributed by atoms with Crippen molar-refractivity contribution in [1.82, 2.24) is 10.6 Å². The molecule has 0 radical (unpaired) electrons. The molecular weight excluding hydrogens is 272 g/mol. The van der Waals surface area contributed by atoms with Crippen molar-refractivity contribution in [1.29, 1.82) is 0 Å². The molecule has 1 rings (SSSR count). The third-order valence-electron chi connectivity index (χ3n) is 2.42. The zero-order valence-electron chi connectivity index (χ0n) is 12.6. The van der Waals surface area contributed by atoms with Gasteiger partial charge in [0.1, 0.15) is 5.60 Å². The van der Waals surface area contributed by atoms with Gasteiger partial charge in [-0.15, -0.1) is 0 Å². The minimum Gasteiger partial charge on any atom is -0.444 e. The molecule has 0 aliphatic rings. The van der Waals surface area contributed by atoms with E-state index in [0.29, 0.717) is 5.56 Å². The first-order valence-electron chi connectivity index (χ1n) is 6.76. The number of alkyl carbamates (subject to hydrolysis) is 1. The third-order valence-corrected chi connectivity index (χ3v) is 2.42. The van der Waals surface area contributed by atoms with Gasteiger partial charge >= 0.3 is 6.09 Å². The first-order valence-corrected chi connectivity index (χ1v) is 6.76. The lowest BCUT2D eigenvalue weighted by atomic mass is 10.1. The summed E-state index contributed by atoms with van der Waals surface area (Å²) in [5, 5.41) is 13.9. The maximum atomic E-state index is 11.7. The number of carbonyl (C=O) groups is 2. The highest BCUT2D eigenvalue weighted by Crippen LogP contribution is 2.08. The topological polar surface area (TPSA) is 87.7 Å². The van der Waals surface area contributed by atoms with Gasteiger partial charge in [-0.25, -0.2) is 4.79 Å². The van der Waals surface area contributed by atoms with E-state index in [9.17, 15) is 9.59 Å². The van der Waals surface area contributed by atoms with Gasteiger partial charge in [-0.1, -0.05) is 12.1 Å². The molecule has 0 saturated carbocycles. The van der Waals surface area contributed by atoms with Gasteiger partial charge in [-0.05, 0) is 38.5 Å². The average Bonchev–Trinajstić information content (AvgIpc) is 2.41. The molecule has 3 N–H and O–H groups in total. The van der Waals surface area contributed by atoms with Crippen LogP contribution in [0.2, 0.25) is 0 Å². The van der Waals surface area contributed by atoms with E-state index in [4.69, 9.17) is 9.84 Å². The molecule has 0 bridgehead atoms. The Kier molecular flexibility index (Phi) is 6.17. The Morgan fingerprint density at radius 3 is 2.57 bits per heavy atom. The fourth-order valence-electron chi connectivity index (χ4n) is 1.58. The molecule has 1 aromatic carbocycles. The molecule has 0 saturated heterocycles. The van der Waals surface area contributed by atoms with Crippen molar-refractivity contribution in [3.63, 3.8) is 0 Å². The molecule has 0 heterocycles. The lowest BCUT2D eigenvalue weighted by molar-refractivity contribution is 0.0523. The highest BCUT2D eigenvalue weighted by molar-refractivity contribution is 5.94. The summed E-state index contributed by atoms with van der Waals surface area (Å²) < 4.78 is 5.13. The van der Waals surface area contributed by atoms with Crippen LogP contribution >= 0.6 is 0 Å². The first-order chi connectivity index (χ1) is 9.81. The maximum Gasteiger partial charge on any atom is 0.407 e. The van der Waals surface area contributed by atoms with Crippen molar-refractivity contribution >= 4 is 12.0 Å². The van der Waals surface area contributed by atoms with Crippen LogP contribution in [0.1, 0.15) is 36.7 Å². The minimum atomic E-state index is -0.546. The summed E-state index contributed by atoms with van der Waals surface area (Å²) in [7, 11) is 0. The highest BCUT2D eigenvalue weighted by atomic mass is 16.6. The van der Waals surface area contributed by atoms with Gasteiger partial charge in [0.15, 0.2) is 0 Å². The number of rotatable bonds is 5. The van der Waals surface area contributed by atoms with Crippen LogP contribution in [-0.2, 0) is 11.3 Å². The molecule has 21 heavy (non-hydrogen) atoms. The van der Waals surface area contributed by atoms with Crippen molar-refractivity contribution < 1.29 is 19.4 Å². The Bertz CT molecular complexity index is 495. The number of hydrogen-bond acceptors (Lipinski definition) is 4. The van der Waals surface area contributed by atoms with Crippen LogP contribution in [0.15, 0.2) is 24.3 Å². The number of ether oxygens (including phenoxy) is 1. The Hall–Kier alpha value is -2.08. The molecular formula is C15H22N2O4. The van der Waals surface area contributed by atoms with E-state index in [0.717, 1.165) is 5.56 Å². The van der Waals surface area contributed by atoms with E-state index >= 15 is 0 Å². The summed E-state index contributed by atoms with van der Waals surface area (Å²) in [5.41, 5.74) is 0.722. The van der Waals surface area contributed by atoms with Crippen molar-refractivity contribution in [2.75, 3.05) is 13.2 Å². The number of benzene rings is 1. The molecule has 0 aliphatic heterocycles. The molecule has 2 amide bonds. The molecule has 1 aromatic rings. The number of aliphatic hydroxyl groups excluding tert-OH is 1. The predicted octanol–water partition coefficient (Wildman–Crippen LogP) is 1.43. The van der Waals surface area contributed by atoms with E-state index in [2.05, 4.69) is 10.6 Å². The predicted molar refractivity (Wildman–Crippen MR) is 78.9 cm³/mol. The van der Waals surface area contributed by atoms with Gasteiger partial charge in [-0.3, -0.25) is 4.79 Å². The van der Waals surface area contributed by atoms with Gasteiger partial charge < -0.3 is 20.5 Å². The maximum absolute atomic E-state index is 11.7. The Labute approximate surface area is 124 Å². The number of amides is 2. The van der Waals surface area contributed by atoms with E-state index in [-0.39, 0.29) is 25.6 Å². The van der Waals surface area contributed by atoms with Crippen molar-refractivity contribution in [3.8, 4) is 0 Å². The first kappa shape index (κ1) is 17.0. The van der Waals surface area contributed by atoms with Gasteiger partial charge in [0.25, 0.3) is 5.91 Å². The van der Waals surface area contributed by atoms with Crippen molar-refractivity contribution in [2.45, 2.75) is 32.9 Å². The quantitative estimate of drug-likeness (QED) is 0.766. The second kappa shape index (κ2) is 7.64. The summed E-state index contributed by atoms with van der Waals surface area (Å²) in [4.78, 5) is 23.3. The van der Waals surface area contributed by atoms with E-state index in [1.54, 1.807) is 45.0 Å². The molecule has 0 atom stereocenters. The van der Waals surface area contributed by atoms with Crippen molar-refractivity contribution in [3.05, 3.63) is 35.4 Å². The fourth-order valence-corrected chi connectivity index (χ4v) is 1.58. The van der Waals surface area contributed by atoms with E-state index < -0.39 is 11.7 Å². The van der Waals surface area contributed by atoms with Crippen LogP contribution in [0.25, 0.3) is 0 Å². The van der Waals surface area contributed by atoms with E-state index in [1.807, 2.05) is 0 Å². The molecule has 116 valence electrons. The lowest BCUT2D eigenvalue weighted by Crippen LogP contribution is -2.32. The zero-order chi connectivity index (χ0) is 15.9. The summed E-state index contributed by atoms with van der Waals surface area (Å²) in [6, 6.07) is 6.90. The molecule has 0 fully saturated rings. The van der Waals surface area contributed by atoms with Gasteiger partial charge in [0.05, 0.1) is 6.61 Å². The number of aliphatic hydroxyl groups is 1. The number of nitrogens with one attached hydrogen (secondary N) is 2. The van der Waals surface area contributed by atoms with Crippen LogP contribution in [0.4, 0.5) is 4.79 Å². The Morgan fingerprint density at radius 2 is 1.95 bits per heavy atom. The number of hydrogen-bond donors (Lipinski definition) is 3. The van der Waals surface area contributed by atoms with Crippen LogP contribution in [0.5, 0.6) is 0 Å². The molecule has 6 nitrogen and oxygen atoms in total. The Morgan fingerprint density at radius 1 is 1.24 bits per heavy atom. The summed E-state index contributed by atoms with van der Waals surface area (Å²) in [5.74, 6) is -0.261. The highest BCUT2D eigenvalue weighted by Gasteiger charge is 2.15. The standard InChI is InChI=1S/C15H22N2O4/c1-15(2,3)21-14(20)17-10-11-5-4-6-12(9-11)13(19)16-7-8-18/h4-6,9,18H,7-8,10H2,1-3H3,(H,16,19)(H,17,20). The van der Waals surface area contributed by atoms with Crippen LogP contribution < -0.4 is 10.6 Å². The molecule has 0 unspecified atom stereocenters. The smallest absolute Gasteiger partial charge is 0.407 e. The normalized spacial score (nSPS) is 10.9. The average molecular weight is 294 g/mol. The monoisotopic (exact) mass is 294 g/mol. The molecule has 0 aromatic heterocycles. The van der Waals surface area contributed by atoms with Gasteiger partial charge in [0.2, 0.25) is 0 Å². The minimum absolute atomic E-state index is 0.106.